The molecule has 3 aromatic rings. The molecule has 0 saturated carbocycles. The van der Waals surface area contributed by atoms with E-state index in [1.807, 2.05) is 24.3 Å². The maximum absolute atomic E-state index is 12.3. The van der Waals surface area contributed by atoms with Gasteiger partial charge in [-0.3, -0.25) is 4.79 Å². The lowest BCUT2D eigenvalue weighted by molar-refractivity contribution is -0.308. The molecule has 0 unspecified atom stereocenters. The minimum Gasteiger partial charge on any atom is -0.548 e. The molecule has 24 heavy (non-hydrogen) atoms. The Labute approximate surface area is 137 Å². The highest BCUT2D eigenvalue weighted by Gasteiger charge is 2.22. The number of rotatable bonds is 5. The lowest BCUT2D eigenvalue weighted by Gasteiger charge is -2.19. The van der Waals surface area contributed by atoms with Crippen molar-refractivity contribution in [3.63, 3.8) is 0 Å². The number of fused-ring (bicyclic) bond motifs is 1. The van der Waals surface area contributed by atoms with Gasteiger partial charge in [-0.05, 0) is 25.5 Å². The van der Waals surface area contributed by atoms with Crippen molar-refractivity contribution in [2.24, 2.45) is 0 Å². The second-order valence-corrected chi connectivity index (χ2v) is 5.61. The van der Waals surface area contributed by atoms with Gasteiger partial charge in [0.05, 0.1) is 17.7 Å². The van der Waals surface area contributed by atoms with E-state index >= 15 is 0 Å². The summed E-state index contributed by atoms with van der Waals surface area (Å²) in [6, 6.07) is 6.39. The zero-order valence-corrected chi connectivity index (χ0v) is 13.3. The molecule has 0 radical (unpaired) electrons. The van der Waals surface area contributed by atoms with E-state index in [4.69, 9.17) is 4.52 Å². The quantitative estimate of drug-likeness (QED) is 0.722. The van der Waals surface area contributed by atoms with Gasteiger partial charge in [-0.1, -0.05) is 23.4 Å². The van der Waals surface area contributed by atoms with Crippen LogP contribution in [0.2, 0.25) is 0 Å². The Hall–Kier alpha value is -3.09. The molecule has 7 heteroatoms. The number of aromatic nitrogens is 2. The van der Waals surface area contributed by atoms with Gasteiger partial charge in [-0.2, -0.15) is 0 Å². The molecule has 124 valence electrons. The number of H-pyrrole nitrogens is 1. The number of carboxylic acid groups (broad SMARTS) is 1. The average Bonchev–Trinajstić information content (AvgIpc) is 3.10. The Morgan fingerprint density at radius 3 is 2.75 bits per heavy atom. The van der Waals surface area contributed by atoms with E-state index < -0.39 is 17.9 Å². The summed E-state index contributed by atoms with van der Waals surface area (Å²) in [6.07, 6.45) is 1.85. The molecule has 7 nitrogen and oxygen atoms in total. The zero-order valence-electron chi connectivity index (χ0n) is 13.3. The normalized spacial score (nSPS) is 12.2. The van der Waals surface area contributed by atoms with Crippen LogP contribution in [0.15, 0.2) is 35.0 Å². The van der Waals surface area contributed by atoms with Crippen molar-refractivity contribution in [2.45, 2.75) is 26.3 Å². The predicted molar refractivity (Wildman–Crippen MR) is 84.2 cm³/mol. The maximum atomic E-state index is 12.3. The maximum Gasteiger partial charge on any atom is 0.257 e. The van der Waals surface area contributed by atoms with Crippen molar-refractivity contribution in [3.05, 3.63) is 53.0 Å². The first-order valence-corrected chi connectivity index (χ1v) is 7.47. The van der Waals surface area contributed by atoms with Gasteiger partial charge in [0, 0.05) is 23.5 Å². The molecule has 2 N–H and O–H groups in total. The molecule has 0 aliphatic carbocycles. The highest BCUT2D eigenvalue weighted by molar-refractivity contribution is 5.98. The lowest BCUT2D eigenvalue weighted by Crippen LogP contribution is -2.49. The fraction of sp³-hybridized carbons (Fsp3) is 0.235. The summed E-state index contributed by atoms with van der Waals surface area (Å²) >= 11 is 0. The van der Waals surface area contributed by atoms with Gasteiger partial charge in [-0.25, -0.2) is 0 Å². The Bertz CT molecular complexity index is 890. The van der Waals surface area contributed by atoms with E-state index in [9.17, 15) is 14.7 Å². The minimum atomic E-state index is -1.35. The first-order chi connectivity index (χ1) is 11.5. The molecule has 2 heterocycles. The number of hydrogen-bond donors (Lipinski definition) is 2. The van der Waals surface area contributed by atoms with Crippen LogP contribution in [0.3, 0.4) is 0 Å². The number of nitrogens with one attached hydrogen (secondary N) is 2. The van der Waals surface area contributed by atoms with E-state index in [0.717, 1.165) is 16.5 Å². The monoisotopic (exact) mass is 326 g/mol. The predicted octanol–water partition coefficient (Wildman–Crippen LogP) is 0.864. The number of nitrogens with zero attached hydrogens (tertiary/aromatic N) is 1. The first-order valence-electron chi connectivity index (χ1n) is 7.47. The number of para-hydroxylation sites is 1. The molecule has 0 bridgehead atoms. The topological polar surface area (TPSA) is 111 Å². The van der Waals surface area contributed by atoms with Crippen LogP contribution in [0.1, 0.15) is 27.4 Å². The van der Waals surface area contributed by atoms with Crippen LogP contribution in [0, 0.1) is 13.8 Å². The van der Waals surface area contributed by atoms with Crippen LogP contribution < -0.4 is 10.4 Å². The lowest BCUT2D eigenvalue weighted by atomic mass is 10.0. The van der Waals surface area contributed by atoms with Crippen LogP contribution in [-0.2, 0) is 11.2 Å². The third-order valence-electron chi connectivity index (χ3n) is 3.95. The number of hydrogen-bond acceptors (Lipinski definition) is 5. The Balaban J connectivity index is 1.83. The SMILES string of the molecule is Cc1noc(C)c1C(=O)N[C@H](Cc1c[nH]c2ccccc12)C(=O)[O-]. The Morgan fingerprint density at radius 1 is 1.33 bits per heavy atom. The molecule has 0 saturated heterocycles. The minimum absolute atomic E-state index is 0.113. The molecule has 0 aliphatic rings. The highest BCUT2D eigenvalue weighted by Crippen LogP contribution is 2.19. The smallest absolute Gasteiger partial charge is 0.257 e. The van der Waals surface area contributed by atoms with Gasteiger partial charge in [-0.15, -0.1) is 0 Å². The van der Waals surface area contributed by atoms with Gasteiger partial charge in [0.25, 0.3) is 5.91 Å². The van der Waals surface area contributed by atoms with E-state index in [1.165, 1.54) is 0 Å². The zero-order chi connectivity index (χ0) is 17.3. The Morgan fingerprint density at radius 2 is 2.08 bits per heavy atom. The second-order valence-electron chi connectivity index (χ2n) is 5.61. The van der Waals surface area contributed by atoms with Crippen molar-refractivity contribution in [2.75, 3.05) is 0 Å². The molecule has 0 spiro atoms. The van der Waals surface area contributed by atoms with Crippen LogP contribution in [-0.4, -0.2) is 28.1 Å². The second kappa shape index (κ2) is 6.19. The fourth-order valence-corrected chi connectivity index (χ4v) is 2.75. The van der Waals surface area contributed by atoms with Gasteiger partial charge < -0.3 is 24.7 Å². The fourth-order valence-electron chi connectivity index (χ4n) is 2.75. The summed E-state index contributed by atoms with van der Waals surface area (Å²) in [5.74, 6) is -1.55. The number of benzene rings is 1. The van der Waals surface area contributed by atoms with E-state index in [-0.39, 0.29) is 12.0 Å². The van der Waals surface area contributed by atoms with Crippen LogP contribution in [0.4, 0.5) is 0 Å². The number of aromatic amines is 1. The molecular formula is C17H16N3O4-. The third kappa shape index (κ3) is 2.88. The first kappa shape index (κ1) is 15.8. The highest BCUT2D eigenvalue weighted by atomic mass is 16.5. The van der Waals surface area contributed by atoms with E-state index in [2.05, 4.69) is 15.5 Å². The van der Waals surface area contributed by atoms with Gasteiger partial charge in [0.2, 0.25) is 0 Å². The number of aryl methyl sites for hydroxylation is 2. The van der Waals surface area contributed by atoms with Crippen molar-refractivity contribution >= 4 is 22.8 Å². The van der Waals surface area contributed by atoms with Gasteiger partial charge in [0.15, 0.2) is 0 Å². The summed E-state index contributed by atoms with van der Waals surface area (Å²) in [6.45, 7) is 3.22. The number of carbonyl (C=O) groups excluding carboxylic acids is 2. The average molecular weight is 326 g/mol. The van der Waals surface area contributed by atoms with Crippen molar-refractivity contribution < 1.29 is 19.2 Å². The molecule has 1 atom stereocenters. The molecule has 0 aliphatic heterocycles. The van der Waals surface area contributed by atoms with Gasteiger partial charge in [0.1, 0.15) is 11.3 Å². The Kier molecular flexibility index (Phi) is 4.07. The van der Waals surface area contributed by atoms with Crippen molar-refractivity contribution in [1.82, 2.24) is 15.5 Å². The molecule has 2 aromatic heterocycles. The van der Waals surface area contributed by atoms with Crippen LogP contribution >= 0.6 is 0 Å². The summed E-state index contributed by atoms with van der Waals surface area (Å²) in [5.41, 5.74) is 2.36. The third-order valence-corrected chi connectivity index (χ3v) is 3.95. The number of carbonyl (C=O) groups is 2. The number of amides is 1. The summed E-state index contributed by atoms with van der Waals surface area (Å²) in [5, 5.41) is 18.6. The molecule has 1 amide bonds. The molecule has 1 aromatic carbocycles. The summed E-state index contributed by atoms with van der Waals surface area (Å²) in [4.78, 5) is 26.9. The van der Waals surface area contributed by atoms with Crippen molar-refractivity contribution in [3.8, 4) is 0 Å². The molecule has 0 fully saturated rings. The van der Waals surface area contributed by atoms with E-state index in [1.54, 1.807) is 20.0 Å². The van der Waals surface area contributed by atoms with Crippen molar-refractivity contribution in [1.29, 1.82) is 0 Å². The molecule has 3 rings (SSSR count). The number of carboxylic acids is 1. The molecular weight excluding hydrogens is 310 g/mol. The van der Waals surface area contributed by atoms with Crippen LogP contribution in [0.25, 0.3) is 10.9 Å². The standard InChI is InChI=1S/C17H17N3O4/c1-9-15(10(2)24-20-9)16(21)19-14(17(22)23)7-11-8-18-13-6-4-3-5-12(11)13/h3-6,8,14,18H,7H2,1-2H3,(H,19,21)(H,22,23)/p-1/t14-/m1/s1. The largest absolute Gasteiger partial charge is 0.548 e. The summed E-state index contributed by atoms with van der Waals surface area (Å²) < 4.78 is 4.94. The number of aliphatic carboxylic acids is 1. The van der Waals surface area contributed by atoms with E-state index in [0.29, 0.717) is 11.5 Å². The van der Waals surface area contributed by atoms with Gasteiger partial charge >= 0.3 is 0 Å². The summed E-state index contributed by atoms with van der Waals surface area (Å²) in [7, 11) is 0. The van der Waals surface area contributed by atoms with Crippen LogP contribution in [0.5, 0.6) is 0 Å².